The van der Waals surface area contributed by atoms with E-state index >= 15 is 0 Å². The van der Waals surface area contributed by atoms with Gasteiger partial charge in [-0.25, -0.2) is 13.4 Å². The summed E-state index contributed by atoms with van der Waals surface area (Å²) in [6, 6.07) is 10.6. The Bertz CT molecular complexity index is 667. The van der Waals surface area contributed by atoms with E-state index in [0.29, 0.717) is 16.5 Å². The van der Waals surface area contributed by atoms with Gasteiger partial charge in [0.1, 0.15) is 5.82 Å². The van der Waals surface area contributed by atoms with Crippen molar-refractivity contribution < 1.29 is 8.42 Å². The minimum Gasteiger partial charge on any atom is -0.383 e. The summed E-state index contributed by atoms with van der Waals surface area (Å²) in [5.74, 6) is 1.24. The molecule has 0 atom stereocenters. The molecule has 0 radical (unpaired) electrons. The van der Waals surface area contributed by atoms with Gasteiger partial charge in [-0.1, -0.05) is 6.07 Å². The average Bonchev–Trinajstić information content (AvgIpc) is 2.37. The van der Waals surface area contributed by atoms with Crippen LogP contribution in [0, 0.1) is 0 Å². The first kappa shape index (κ1) is 13.9. The highest BCUT2D eigenvalue weighted by Crippen LogP contribution is 2.25. The van der Waals surface area contributed by atoms with Crippen LogP contribution in [0.2, 0.25) is 0 Å². The molecule has 0 saturated carbocycles. The Labute approximate surface area is 117 Å². The summed E-state index contributed by atoms with van der Waals surface area (Å²) in [6.07, 6.45) is 2.86. The molecule has 2 N–H and O–H groups in total. The quantitative estimate of drug-likeness (QED) is 0.876. The highest BCUT2D eigenvalue weighted by Gasteiger charge is 2.06. The molecule has 19 heavy (non-hydrogen) atoms. The summed E-state index contributed by atoms with van der Waals surface area (Å²) in [7, 11) is -3.13. The summed E-state index contributed by atoms with van der Waals surface area (Å²) < 4.78 is 22.7. The molecule has 1 aromatic carbocycles. The molecule has 4 nitrogen and oxygen atoms in total. The van der Waals surface area contributed by atoms with E-state index in [2.05, 4.69) is 4.98 Å². The van der Waals surface area contributed by atoms with Crippen molar-refractivity contribution in [1.82, 2.24) is 4.98 Å². The second-order valence-corrected chi connectivity index (χ2v) is 7.14. The minimum atomic E-state index is -3.13. The van der Waals surface area contributed by atoms with Crippen LogP contribution in [0.5, 0.6) is 0 Å². The first-order valence-corrected chi connectivity index (χ1v) is 8.47. The molecular formula is C13H14N2O2S2. The van der Waals surface area contributed by atoms with Gasteiger partial charge < -0.3 is 5.73 Å². The van der Waals surface area contributed by atoms with Crippen LogP contribution in [0.15, 0.2) is 52.4 Å². The van der Waals surface area contributed by atoms with Gasteiger partial charge in [0.2, 0.25) is 0 Å². The molecule has 6 heteroatoms. The first-order chi connectivity index (χ1) is 8.97. The summed E-state index contributed by atoms with van der Waals surface area (Å²) in [6.45, 7) is 0. The minimum absolute atomic E-state index is 0.331. The molecule has 1 aromatic heterocycles. The highest BCUT2D eigenvalue weighted by molar-refractivity contribution is 7.98. The van der Waals surface area contributed by atoms with Crippen molar-refractivity contribution in [2.45, 2.75) is 15.5 Å². The molecule has 0 fully saturated rings. The molecule has 0 aliphatic carbocycles. The number of hydrogen-bond donors (Lipinski definition) is 1. The van der Waals surface area contributed by atoms with Crippen molar-refractivity contribution in [3.63, 3.8) is 0 Å². The topological polar surface area (TPSA) is 73.0 Å². The molecule has 0 aliphatic rings. The lowest BCUT2D eigenvalue weighted by molar-refractivity contribution is 0.602. The fraction of sp³-hybridized carbons (Fsp3) is 0.154. The molecule has 0 spiro atoms. The van der Waals surface area contributed by atoms with Gasteiger partial charge in [0.15, 0.2) is 9.84 Å². The van der Waals surface area contributed by atoms with Crippen LogP contribution >= 0.6 is 11.8 Å². The molecule has 0 bridgehead atoms. The predicted molar refractivity (Wildman–Crippen MR) is 77.8 cm³/mol. The standard InChI is InChI=1S/C13H14N2O2S2/c1-19(16,17)12-6-4-11(5-7-12)18-9-10-3-2-8-15-13(10)14/h2-8H,9H2,1H3,(H2,14,15). The summed E-state index contributed by atoms with van der Waals surface area (Å²) >= 11 is 1.59. The lowest BCUT2D eigenvalue weighted by Crippen LogP contribution is -1.96. The zero-order chi connectivity index (χ0) is 13.9. The number of nitrogen functional groups attached to an aromatic ring is 1. The molecule has 2 aromatic rings. The zero-order valence-electron chi connectivity index (χ0n) is 10.4. The lowest BCUT2D eigenvalue weighted by atomic mass is 10.3. The van der Waals surface area contributed by atoms with Crippen molar-refractivity contribution in [2.75, 3.05) is 12.0 Å². The fourth-order valence-corrected chi connectivity index (χ4v) is 3.04. The van der Waals surface area contributed by atoms with Crippen LogP contribution in [0.3, 0.4) is 0 Å². The van der Waals surface area contributed by atoms with E-state index in [0.717, 1.165) is 10.5 Å². The van der Waals surface area contributed by atoms with Gasteiger partial charge in [0.05, 0.1) is 4.90 Å². The van der Waals surface area contributed by atoms with Gasteiger partial charge in [-0.3, -0.25) is 0 Å². The maximum absolute atomic E-state index is 11.3. The Morgan fingerprint density at radius 3 is 2.47 bits per heavy atom. The van der Waals surface area contributed by atoms with Gasteiger partial charge >= 0.3 is 0 Å². The molecule has 0 aliphatic heterocycles. The van der Waals surface area contributed by atoms with Crippen molar-refractivity contribution in [3.05, 3.63) is 48.2 Å². The number of nitrogens with zero attached hydrogens (tertiary/aromatic N) is 1. The number of aromatic nitrogens is 1. The molecule has 2 rings (SSSR count). The number of hydrogen-bond acceptors (Lipinski definition) is 5. The van der Waals surface area contributed by atoms with Gasteiger partial charge in [0.25, 0.3) is 0 Å². The molecule has 0 saturated heterocycles. The Morgan fingerprint density at radius 2 is 1.89 bits per heavy atom. The number of nitrogens with two attached hydrogens (primary N) is 1. The van der Waals surface area contributed by atoms with Crippen LogP contribution in [0.4, 0.5) is 5.82 Å². The van der Waals surface area contributed by atoms with Crippen LogP contribution in [0.25, 0.3) is 0 Å². The van der Waals surface area contributed by atoms with Crippen molar-refractivity contribution in [2.24, 2.45) is 0 Å². The summed E-state index contributed by atoms with van der Waals surface area (Å²) in [5.41, 5.74) is 6.73. The fourth-order valence-electron chi connectivity index (χ4n) is 1.52. The smallest absolute Gasteiger partial charge is 0.175 e. The van der Waals surface area contributed by atoms with E-state index in [-0.39, 0.29) is 0 Å². The molecule has 0 unspecified atom stereocenters. The normalized spacial score (nSPS) is 11.4. The van der Waals surface area contributed by atoms with E-state index in [1.807, 2.05) is 12.1 Å². The number of anilines is 1. The third-order valence-corrected chi connectivity index (χ3v) is 4.76. The Balaban J connectivity index is 2.07. The van der Waals surface area contributed by atoms with Crippen LogP contribution in [0.1, 0.15) is 5.56 Å². The van der Waals surface area contributed by atoms with E-state index in [1.165, 1.54) is 6.26 Å². The second-order valence-electron chi connectivity index (χ2n) is 4.08. The molecule has 0 amide bonds. The maximum atomic E-state index is 11.3. The van der Waals surface area contributed by atoms with E-state index in [1.54, 1.807) is 42.2 Å². The predicted octanol–water partition coefficient (Wildman–Crippen LogP) is 2.36. The number of benzene rings is 1. The molecule has 100 valence electrons. The van der Waals surface area contributed by atoms with E-state index in [4.69, 9.17) is 5.73 Å². The highest BCUT2D eigenvalue weighted by atomic mass is 32.2. The average molecular weight is 294 g/mol. The SMILES string of the molecule is CS(=O)(=O)c1ccc(SCc2cccnc2N)cc1. The van der Waals surface area contributed by atoms with Gasteiger partial charge in [-0.05, 0) is 30.3 Å². The van der Waals surface area contributed by atoms with Crippen LogP contribution < -0.4 is 5.73 Å². The second kappa shape index (κ2) is 5.63. The number of sulfone groups is 1. The molecular weight excluding hydrogens is 280 g/mol. The Morgan fingerprint density at radius 1 is 1.21 bits per heavy atom. The third-order valence-electron chi connectivity index (χ3n) is 2.57. The van der Waals surface area contributed by atoms with Gasteiger partial charge in [-0.15, -0.1) is 11.8 Å². The summed E-state index contributed by atoms with van der Waals surface area (Å²) in [5, 5.41) is 0. The van der Waals surface area contributed by atoms with Crippen molar-refractivity contribution in [1.29, 1.82) is 0 Å². The Hall–Kier alpha value is -1.53. The van der Waals surface area contributed by atoms with Crippen LogP contribution in [-0.2, 0) is 15.6 Å². The molecule has 1 heterocycles. The number of thioether (sulfide) groups is 1. The first-order valence-electron chi connectivity index (χ1n) is 5.59. The van der Waals surface area contributed by atoms with E-state index < -0.39 is 9.84 Å². The maximum Gasteiger partial charge on any atom is 0.175 e. The monoisotopic (exact) mass is 294 g/mol. The summed E-state index contributed by atoms with van der Waals surface area (Å²) in [4.78, 5) is 5.35. The lowest BCUT2D eigenvalue weighted by Gasteiger charge is -2.05. The van der Waals surface area contributed by atoms with E-state index in [9.17, 15) is 8.42 Å². The van der Waals surface area contributed by atoms with Gasteiger partial charge in [0, 0.05) is 28.7 Å². The number of rotatable bonds is 4. The van der Waals surface area contributed by atoms with Gasteiger partial charge in [-0.2, -0.15) is 0 Å². The third kappa shape index (κ3) is 3.71. The van der Waals surface area contributed by atoms with Crippen molar-refractivity contribution in [3.8, 4) is 0 Å². The van der Waals surface area contributed by atoms with Crippen molar-refractivity contribution >= 4 is 27.4 Å². The number of pyridine rings is 1. The van der Waals surface area contributed by atoms with Crippen LogP contribution in [-0.4, -0.2) is 19.7 Å². The zero-order valence-corrected chi connectivity index (χ0v) is 12.0. The largest absolute Gasteiger partial charge is 0.383 e. The Kier molecular flexibility index (Phi) is 4.11.